The zero-order valence-electron chi connectivity index (χ0n) is 22.9. The number of hydrogen-bond acceptors (Lipinski definition) is 6. The lowest BCUT2D eigenvalue weighted by Gasteiger charge is -2.26. The minimum absolute atomic E-state index is 0.0577. The highest BCUT2D eigenvalue weighted by Gasteiger charge is 2.26. The summed E-state index contributed by atoms with van der Waals surface area (Å²) in [5.41, 5.74) is 7.04. The topological polar surface area (TPSA) is 56.0 Å². The first kappa shape index (κ1) is 26.3. The lowest BCUT2D eigenvalue weighted by Crippen LogP contribution is -2.34. The minimum Gasteiger partial charge on any atom is -0.298 e. The smallest absolute Gasteiger partial charge is 0.187 e. The minimum atomic E-state index is 0.0577. The second-order valence-corrected chi connectivity index (χ2v) is 12.1. The number of para-hydroxylation sites is 2. The van der Waals surface area contributed by atoms with E-state index in [1.54, 1.807) is 22.7 Å². The fourth-order valence-electron chi connectivity index (χ4n) is 5.21. The van der Waals surface area contributed by atoms with Gasteiger partial charge in [0.05, 0.1) is 21.1 Å². The van der Waals surface area contributed by atoms with E-state index in [2.05, 4.69) is 34.8 Å². The lowest BCUT2D eigenvalue weighted by atomic mass is 9.94. The Morgan fingerprint density at radius 3 is 1.50 bits per heavy atom. The number of piperidine rings is 1. The quantitative estimate of drug-likeness (QED) is 0.190. The Kier molecular flexibility index (Phi) is 7.09. The number of carbonyl (C=O) groups is 1. The van der Waals surface area contributed by atoms with Gasteiger partial charge in [0.2, 0.25) is 0 Å². The fraction of sp³-hybridized carbons (Fsp3) is 0.0882. The lowest BCUT2D eigenvalue weighted by molar-refractivity contribution is -0.113. The van der Waals surface area contributed by atoms with Crippen molar-refractivity contribution in [2.45, 2.75) is 0 Å². The molecule has 0 radical (unpaired) electrons. The van der Waals surface area contributed by atoms with Crippen molar-refractivity contribution in [3.05, 3.63) is 130 Å². The van der Waals surface area contributed by atoms with Crippen LogP contribution in [-0.2, 0) is 4.79 Å². The third-order valence-corrected chi connectivity index (χ3v) is 8.91. The van der Waals surface area contributed by atoms with Gasteiger partial charge in [-0.3, -0.25) is 9.69 Å². The van der Waals surface area contributed by atoms with Gasteiger partial charge in [-0.15, -0.1) is 22.7 Å². The first-order valence-electron chi connectivity index (χ1n) is 13.6. The summed E-state index contributed by atoms with van der Waals surface area (Å²) in [4.78, 5) is 18.3. The van der Waals surface area contributed by atoms with E-state index < -0.39 is 0 Å². The Morgan fingerprint density at radius 2 is 1.10 bits per heavy atom. The molecule has 4 aromatic heterocycles. The molecule has 0 amide bonds. The van der Waals surface area contributed by atoms with E-state index in [4.69, 9.17) is 10.2 Å². The predicted molar refractivity (Wildman–Crippen MR) is 172 cm³/mol. The van der Waals surface area contributed by atoms with E-state index in [-0.39, 0.29) is 5.78 Å². The zero-order valence-corrected chi connectivity index (χ0v) is 24.6. The molecule has 5 heterocycles. The summed E-state index contributed by atoms with van der Waals surface area (Å²) in [5, 5.41) is 13.9. The average molecular weight is 586 g/mol. The molecule has 1 saturated heterocycles. The standard InChI is InChI=1S/C34H27N5OS2/c1-37-20-26(18-24-22-38(28-10-4-2-5-11-28)35-32(24)30-14-8-16-41-30)34(40)27(21-37)19-25-23-39(29-12-6-3-7-13-29)36-33(25)31-15-9-17-42-31/h2-19,22-23H,20-21H2,1H3/b26-18-,27-19+. The number of likely N-dealkylation sites (tertiary alicyclic amines) is 1. The van der Waals surface area contributed by atoms with Crippen LogP contribution in [0.4, 0.5) is 0 Å². The van der Waals surface area contributed by atoms with Crippen LogP contribution < -0.4 is 0 Å². The second-order valence-electron chi connectivity index (χ2n) is 10.2. The summed E-state index contributed by atoms with van der Waals surface area (Å²) < 4.78 is 3.78. The SMILES string of the molecule is CN1C/C(=C/c2cn(-c3ccccc3)nc2-c2cccs2)C(=O)/C(=C/c2cn(-c3ccccc3)nc2-c2cccs2)C1. The van der Waals surface area contributed by atoms with Gasteiger partial charge in [-0.05, 0) is 66.4 Å². The summed E-state index contributed by atoms with van der Waals surface area (Å²) in [6.45, 7) is 1.13. The van der Waals surface area contributed by atoms with Crippen molar-refractivity contribution >= 4 is 40.6 Å². The Hall–Kier alpha value is -4.63. The van der Waals surface area contributed by atoms with Crippen LogP contribution in [0.25, 0.3) is 44.7 Å². The van der Waals surface area contributed by atoms with Crippen molar-refractivity contribution in [3.8, 4) is 32.5 Å². The first-order valence-corrected chi connectivity index (χ1v) is 15.4. The number of hydrogen-bond donors (Lipinski definition) is 0. The van der Waals surface area contributed by atoms with Gasteiger partial charge in [0, 0.05) is 47.8 Å². The van der Waals surface area contributed by atoms with Crippen LogP contribution >= 0.6 is 22.7 Å². The maximum atomic E-state index is 14.0. The maximum Gasteiger partial charge on any atom is 0.187 e. The van der Waals surface area contributed by atoms with Crippen molar-refractivity contribution in [1.82, 2.24) is 24.5 Å². The third kappa shape index (κ3) is 5.23. The summed E-state index contributed by atoms with van der Waals surface area (Å²) in [7, 11) is 2.05. The van der Waals surface area contributed by atoms with Gasteiger partial charge in [0.1, 0.15) is 11.4 Å². The molecule has 0 spiro atoms. The number of thiophene rings is 2. The van der Waals surface area contributed by atoms with Crippen molar-refractivity contribution in [3.63, 3.8) is 0 Å². The Balaban J connectivity index is 1.29. The molecule has 1 aliphatic rings. The highest BCUT2D eigenvalue weighted by Crippen LogP contribution is 2.33. The monoisotopic (exact) mass is 585 g/mol. The molecule has 0 saturated carbocycles. The second kappa shape index (κ2) is 11.3. The summed E-state index contributed by atoms with van der Waals surface area (Å²) >= 11 is 3.29. The Labute approximate surface area is 252 Å². The fourth-order valence-corrected chi connectivity index (χ4v) is 6.67. The molecule has 2 aromatic carbocycles. The number of nitrogens with zero attached hydrogens (tertiary/aromatic N) is 5. The van der Waals surface area contributed by atoms with Gasteiger partial charge in [-0.2, -0.15) is 10.2 Å². The average Bonchev–Trinajstić information content (AvgIpc) is 3.83. The Morgan fingerprint density at radius 1 is 0.643 bits per heavy atom. The molecule has 0 unspecified atom stereocenters. The van der Waals surface area contributed by atoms with E-state index in [1.807, 2.05) is 107 Å². The van der Waals surface area contributed by atoms with Gasteiger partial charge in [-0.25, -0.2) is 9.36 Å². The molecule has 42 heavy (non-hydrogen) atoms. The molecular formula is C34H27N5OS2. The number of likely N-dealkylation sites (N-methyl/N-ethyl adjacent to an activating group) is 1. The summed E-state index contributed by atoms with van der Waals surface area (Å²) in [6.07, 6.45) is 8.06. The number of carbonyl (C=O) groups excluding carboxylic acids is 1. The number of rotatable bonds is 6. The largest absolute Gasteiger partial charge is 0.298 e. The normalized spacial score (nSPS) is 16.1. The molecule has 7 rings (SSSR count). The van der Waals surface area contributed by atoms with Crippen LogP contribution in [0.15, 0.2) is 119 Å². The molecule has 0 bridgehead atoms. The number of ketones is 1. The van der Waals surface area contributed by atoms with Crippen LogP contribution in [0.2, 0.25) is 0 Å². The van der Waals surface area contributed by atoms with Crippen LogP contribution in [0.1, 0.15) is 11.1 Å². The Bertz CT molecular complexity index is 1760. The molecule has 0 atom stereocenters. The van der Waals surface area contributed by atoms with Crippen molar-refractivity contribution in [2.24, 2.45) is 0 Å². The van der Waals surface area contributed by atoms with Crippen LogP contribution in [0, 0.1) is 0 Å². The maximum absolute atomic E-state index is 14.0. The van der Waals surface area contributed by atoms with Crippen LogP contribution in [0.3, 0.4) is 0 Å². The van der Waals surface area contributed by atoms with Crippen molar-refractivity contribution in [1.29, 1.82) is 0 Å². The molecule has 0 aliphatic carbocycles. The van der Waals surface area contributed by atoms with E-state index in [9.17, 15) is 4.79 Å². The highest BCUT2D eigenvalue weighted by molar-refractivity contribution is 7.13. The van der Waals surface area contributed by atoms with Crippen molar-refractivity contribution < 1.29 is 4.79 Å². The molecule has 6 aromatic rings. The predicted octanol–water partition coefficient (Wildman–Crippen LogP) is 7.50. The molecule has 206 valence electrons. The third-order valence-electron chi connectivity index (χ3n) is 7.16. The van der Waals surface area contributed by atoms with Crippen LogP contribution in [0.5, 0.6) is 0 Å². The molecule has 6 nitrogen and oxygen atoms in total. The number of benzene rings is 2. The summed E-state index contributed by atoms with van der Waals surface area (Å²) in [5.74, 6) is 0.0577. The van der Waals surface area contributed by atoms with Gasteiger partial charge >= 0.3 is 0 Å². The van der Waals surface area contributed by atoms with E-state index in [1.165, 1.54) is 0 Å². The van der Waals surface area contributed by atoms with E-state index >= 15 is 0 Å². The molecule has 1 aliphatic heterocycles. The van der Waals surface area contributed by atoms with Crippen molar-refractivity contribution in [2.75, 3.05) is 20.1 Å². The van der Waals surface area contributed by atoms with E-state index in [0.29, 0.717) is 13.1 Å². The van der Waals surface area contributed by atoms with E-state index in [0.717, 1.165) is 54.8 Å². The molecule has 0 N–H and O–H groups in total. The van der Waals surface area contributed by atoms with Gasteiger partial charge in [0.25, 0.3) is 0 Å². The van der Waals surface area contributed by atoms with Gasteiger partial charge < -0.3 is 0 Å². The summed E-state index contributed by atoms with van der Waals surface area (Å²) in [6, 6.07) is 28.3. The number of aromatic nitrogens is 4. The number of Topliss-reactive ketones (excluding diaryl/α,β-unsaturated/α-hetero) is 1. The zero-order chi connectivity index (χ0) is 28.5. The first-order chi connectivity index (χ1) is 20.6. The molecular weight excluding hydrogens is 559 g/mol. The van der Waals surface area contributed by atoms with Gasteiger partial charge in [-0.1, -0.05) is 48.5 Å². The molecule has 8 heteroatoms. The van der Waals surface area contributed by atoms with Gasteiger partial charge in [0.15, 0.2) is 5.78 Å². The van der Waals surface area contributed by atoms with Crippen LogP contribution in [-0.4, -0.2) is 50.4 Å². The highest BCUT2D eigenvalue weighted by atomic mass is 32.1. The molecule has 1 fully saturated rings.